The zero-order valence-electron chi connectivity index (χ0n) is 17.0. The van der Waals surface area contributed by atoms with Crippen molar-refractivity contribution >= 4 is 27.3 Å². The van der Waals surface area contributed by atoms with Gasteiger partial charge in [-0.15, -0.1) is 0 Å². The Kier molecular flexibility index (Phi) is 6.07. The Hall–Kier alpha value is -2.43. The van der Waals surface area contributed by atoms with Crippen molar-refractivity contribution in [2.24, 2.45) is 0 Å². The lowest BCUT2D eigenvalue weighted by Gasteiger charge is -2.31. The van der Waals surface area contributed by atoms with Gasteiger partial charge in [0.1, 0.15) is 0 Å². The summed E-state index contributed by atoms with van der Waals surface area (Å²) in [5.41, 5.74) is 1.85. The van der Waals surface area contributed by atoms with E-state index in [4.69, 9.17) is 9.26 Å². The van der Waals surface area contributed by atoms with Crippen molar-refractivity contribution in [1.82, 2.24) is 9.46 Å². The van der Waals surface area contributed by atoms with Crippen LogP contribution < -0.4 is 10.2 Å². The Morgan fingerprint density at radius 2 is 1.80 bits per heavy atom. The lowest BCUT2D eigenvalue weighted by atomic mass is 10.1. The molecular weight excluding hydrogens is 408 g/mol. The van der Waals surface area contributed by atoms with Crippen LogP contribution in [0.2, 0.25) is 0 Å². The van der Waals surface area contributed by atoms with E-state index in [1.54, 1.807) is 25.1 Å². The number of benzene rings is 1. The van der Waals surface area contributed by atoms with Crippen molar-refractivity contribution in [2.75, 3.05) is 49.6 Å². The molecule has 0 bridgehead atoms. The van der Waals surface area contributed by atoms with Crippen LogP contribution in [0, 0.1) is 6.92 Å². The molecule has 4 rings (SSSR count). The second kappa shape index (κ2) is 8.75. The summed E-state index contributed by atoms with van der Waals surface area (Å²) in [7, 11) is -3.68. The molecule has 162 valence electrons. The Labute approximate surface area is 176 Å². The third kappa shape index (κ3) is 4.35. The average Bonchev–Trinajstić information content (AvgIpc) is 3.21. The lowest BCUT2D eigenvalue weighted by molar-refractivity contribution is 0.0730. The summed E-state index contributed by atoms with van der Waals surface area (Å²) in [5.74, 6) is -0.381. The van der Waals surface area contributed by atoms with Crippen LogP contribution in [0.25, 0.3) is 0 Å². The standard InChI is InChI=1S/C20H26N4O5S/c1-15-13-19(29-22-15)20(25)21-17-14-16(30(26,27)24-9-11-28-12-10-24)5-6-18(17)23-7-3-2-4-8-23/h5-6,13-14H,2-4,7-12H2,1H3,(H,21,25). The Balaban J connectivity index is 1.68. The number of sulfonamides is 1. The fraction of sp³-hybridized carbons (Fsp3) is 0.500. The van der Waals surface area contributed by atoms with Gasteiger partial charge in [0.25, 0.3) is 5.91 Å². The predicted molar refractivity (Wildman–Crippen MR) is 111 cm³/mol. The maximum absolute atomic E-state index is 13.1. The largest absolute Gasteiger partial charge is 0.379 e. The second-order valence-corrected chi connectivity index (χ2v) is 9.47. The number of ether oxygens (including phenoxy) is 1. The molecule has 2 aliphatic heterocycles. The van der Waals surface area contributed by atoms with Crippen LogP contribution >= 0.6 is 0 Å². The Bertz CT molecular complexity index is 1010. The lowest BCUT2D eigenvalue weighted by Crippen LogP contribution is -2.40. The van der Waals surface area contributed by atoms with Gasteiger partial charge < -0.3 is 19.5 Å². The molecule has 1 amide bonds. The van der Waals surface area contributed by atoms with Crippen LogP contribution in [0.4, 0.5) is 11.4 Å². The molecule has 0 spiro atoms. The van der Waals surface area contributed by atoms with E-state index in [-0.39, 0.29) is 10.7 Å². The first kappa shape index (κ1) is 20.8. The number of carbonyl (C=O) groups is 1. The molecule has 0 unspecified atom stereocenters. The molecule has 2 aliphatic rings. The van der Waals surface area contributed by atoms with E-state index in [1.165, 1.54) is 16.8 Å². The molecule has 2 saturated heterocycles. The van der Waals surface area contributed by atoms with E-state index in [0.717, 1.165) is 31.6 Å². The number of nitrogens with zero attached hydrogens (tertiary/aromatic N) is 3. The fourth-order valence-corrected chi connectivity index (χ4v) is 5.21. The van der Waals surface area contributed by atoms with Gasteiger partial charge in [0.2, 0.25) is 15.8 Å². The summed E-state index contributed by atoms with van der Waals surface area (Å²) in [6, 6.07) is 6.48. The summed E-state index contributed by atoms with van der Waals surface area (Å²) in [5, 5.41) is 6.58. The Morgan fingerprint density at radius 1 is 1.07 bits per heavy atom. The average molecular weight is 435 g/mol. The van der Waals surface area contributed by atoms with Gasteiger partial charge in [0.15, 0.2) is 0 Å². The van der Waals surface area contributed by atoms with E-state index in [9.17, 15) is 13.2 Å². The third-order valence-corrected chi connectivity index (χ3v) is 7.27. The minimum absolute atomic E-state index is 0.0820. The number of nitrogens with one attached hydrogen (secondary N) is 1. The van der Waals surface area contributed by atoms with Crippen molar-refractivity contribution in [2.45, 2.75) is 31.1 Å². The molecule has 3 heterocycles. The van der Waals surface area contributed by atoms with Gasteiger partial charge in [-0.3, -0.25) is 4.79 Å². The molecular formula is C20H26N4O5S. The molecule has 0 radical (unpaired) electrons. The van der Waals surface area contributed by atoms with Crippen LogP contribution in [-0.2, 0) is 14.8 Å². The van der Waals surface area contributed by atoms with Crippen molar-refractivity contribution in [3.8, 4) is 0 Å². The SMILES string of the molecule is Cc1cc(C(=O)Nc2cc(S(=O)(=O)N3CCOCC3)ccc2N2CCCCC2)on1. The molecule has 9 nitrogen and oxygen atoms in total. The third-order valence-electron chi connectivity index (χ3n) is 5.37. The van der Waals surface area contributed by atoms with Crippen LogP contribution in [-0.4, -0.2) is 63.2 Å². The summed E-state index contributed by atoms with van der Waals surface area (Å²) in [6.07, 6.45) is 3.28. The first-order chi connectivity index (χ1) is 14.4. The highest BCUT2D eigenvalue weighted by Crippen LogP contribution is 2.32. The number of anilines is 2. The number of piperidine rings is 1. The van der Waals surface area contributed by atoms with Gasteiger partial charge in [0, 0.05) is 32.2 Å². The molecule has 2 aromatic rings. The zero-order chi connectivity index (χ0) is 21.1. The predicted octanol–water partition coefficient (Wildman–Crippen LogP) is 2.25. The fourth-order valence-electron chi connectivity index (χ4n) is 3.78. The Morgan fingerprint density at radius 3 is 2.47 bits per heavy atom. The number of hydrogen-bond acceptors (Lipinski definition) is 7. The van der Waals surface area contributed by atoms with Gasteiger partial charge in [-0.05, 0) is 44.4 Å². The number of carbonyl (C=O) groups excluding carboxylic acids is 1. The van der Waals surface area contributed by atoms with Crippen LogP contribution in [0.1, 0.15) is 35.5 Å². The van der Waals surface area contributed by atoms with E-state index < -0.39 is 15.9 Å². The molecule has 1 aromatic heterocycles. The van der Waals surface area contributed by atoms with Crippen LogP contribution in [0.15, 0.2) is 33.7 Å². The summed E-state index contributed by atoms with van der Waals surface area (Å²) >= 11 is 0. The minimum atomic E-state index is -3.68. The molecule has 1 N–H and O–H groups in total. The molecule has 0 aliphatic carbocycles. The van der Waals surface area contributed by atoms with Gasteiger partial charge in [-0.1, -0.05) is 5.16 Å². The maximum atomic E-state index is 13.1. The number of morpholine rings is 1. The molecule has 2 fully saturated rings. The highest BCUT2D eigenvalue weighted by atomic mass is 32.2. The van der Waals surface area contributed by atoms with E-state index in [0.29, 0.717) is 37.7 Å². The first-order valence-electron chi connectivity index (χ1n) is 10.2. The normalized spacial score (nSPS) is 18.4. The van der Waals surface area contributed by atoms with E-state index in [1.807, 2.05) is 0 Å². The highest BCUT2D eigenvalue weighted by Gasteiger charge is 2.28. The molecule has 10 heteroatoms. The monoisotopic (exact) mass is 434 g/mol. The van der Waals surface area contributed by atoms with Crippen molar-refractivity contribution < 1.29 is 22.5 Å². The molecule has 0 atom stereocenters. The summed E-state index contributed by atoms with van der Waals surface area (Å²) < 4.78 is 37.9. The smallest absolute Gasteiger partial charge is 0.294 e. The number of aryl methyl sites for hydroxylation is 1. The number of hydrogen-bond donors (Lipinski definition) is 1. The van der Waals surface area contributed by atoms with Gasteiger partial charge in [0.05, 0.1) is 35.2 Å². The van der Waals surface area contributed by atoms with E-state index in [2.05, 4.69) is 15.4 Å². The zero-order valence-corrected chi connectivity index (χ0v) is 17.8. The number of amides is 1. The minimum Gasteiger partial charge on any atom is -0.379 e. The van der Waals surface area contributed by atoms with Crippen LogP contribution in [0.5, 0.6) is 0 Å². The number of aromatic nitrogens is 1. The molecule has 0 saturated carbocycles. The molecule has 30 heavy (non-hydrogen) atoms. The topological polar surface area (TPSA) is 105 Å². The van der Waals surface area contributed by atoms with Gasteiger partial charge >= 0.3 is 0 Å². The highest BCUT2D eigenvalue weighted by molar-refractivity contribution is 7.89. The summed E-state index contributed by atoms with van der Waals surface area (Å²) in [6.45, 7) is 4.83. The van der Waals surface area contributed by atoms with Gasteiger partial charge in [-0.2, -0.15) is 4.31 Å². The van der Waals surface area contributed by atoms with Crippen LogP contribution in [0.3, 0.4) is 0 Å². The summed E-state index contributed by atoms with van der Waals surface area (Å²) in [4.78, 5) is 15.0. The van der Waals surface area contributed by atoms with Crippen molar-refractivity contribution in [1.29, 1.82) is 0 Å². The quantitative estimate of drug-likeness (QED) is 0.769. The van der Waals surface area contributed by atoms with Gasteiger partial charge in [-0.25, -0.2) is 8.42 Å². The first-order valence-corrected chi connectivity index (χ1v) is 11.6. The second-order valence-electron chi connectivity index (χ2n) is 7.53. The van der Waals surface area contributed by atoms with Crippen molar-refractivity contribution in [3.05, 3.63) is 35.7 Å². The van der Waals surface area contributed by atoms with E-state index >= 15 is 0 Å². The number of rotatable bonds is 5. The van der Waals surface area contributed by atoms with Crippen molar-refractivity contribution in [3.63, 3.8) is 0 Å². The molecule has 1 aromatic carbocycles. The maximum Gasteiger partial charge on any atom is 0.294 e.